The number of fused-ring (bicyclic) bond motifs is 1. The monoisotopic (exact) mass is 232 g/mol. The van der Waals surface area contributed by atoms with Gasteiger partial charge in [0.15, 0.2) is 6.29 Å². The fourth-order valence-corrected chi connectivity index (χ4v) is 2.59. The second-order valence-electron chi connectivity index (χ2n) is 5.00. The van der Waals surface area contributed by atoms with E-state index in [0.29, 0.717) is 19.1 Å². The van der Waals surface area contributed by atoms with Crippen molar-refractivity contribution in [2.45, 2.75) is 19.6 Å². The zero-order chi connectivity index (χ0) is 11.9. The molecule has 0 bridgehead atoms. The summed E-state index contributed by atoms with van der Waals surface area (Å²) in [6, 6.07) is 9.88. The van der Waals surface area contributed by atoms with Crippen LogP contribution in [-0.4, -0.2) is 19.0 Å². The summed E-state index contributed by atoms with van der Waals surface area (Å²) in [5.74, 6) is 0.591. The third kappa shape index (κ3) is 1.79. The van der Waals surface area contributed by atoms with Crippen molar-refractivity contribution in [3.8, 4) is 0 Å². The molecule has 1 saturated carbocycles. The van der Waals surface area contributed by atoms with Gasteiger partial charge in [-0.25, -0.2) is 0 Å². The highest BCUT2D eigenvalue weighted by Gasteiger charge is 2.59. The standard InChI is InChI=1S/C14H16O3/c1-10(15)14-7-12(14)8-16-13(17-9-14)11-5-3-2-4-6-11/h2-6,12-13H,7-9H2,1H3. The third-order valence-electron chi connectivity index (χ3n) is 3.95. The predicted octanol–water partition coefficient (Wildman–Crippen LogP) is 2.33. The summed E-state index contributed by atoms with van der Waals surface area (Å²) in [6.45, 7) is 2.78. The van der Waals surface area contributed by atoms with E-state index in [4.69, 9.17) is 9.47 Å². The molecule has 90 valence electrons. The first kappa shape index (κ1) is 10.9. The minimum atomic E-state index is -0.319. The Hall–Kier alpha value is -1.19. The third-order valence-corrected chi connectivity index (χ3v) is 3.95. The van der Waals surface area contributed by atoms with Gasteiger partial charge in [-0.05, 0) is 19.3 Å². The molecule has 3 heteroatoms. The van der Waals surface area contributed by atoms with Gasteiger partial charge in [0, 0.05) is 5.56 Å². The normalized spacial score (nSPS) is 35.8. The van der Waals surface area contributed by atoms with Crippen LogP contribution in [0.4, 0.5) is 0 Å². The summed E-state index contributed by atoms with van der Waals surface area (Å²) in [6.07, 6.45) is 0.601. The van der Waals surface area contributed by atoms with Gasteiger partial charge < -0.3 is 9.47 Å². The maximum Gasteiger partial charge on any atom is 0.183 e. The summed E-state index contributed by atoms with van der Waals surface area (Å²) in [7, 11) is 0. The van der Waals surface area contributed by atoms with E-state index in [2.05, 4.69) is 0 Å². The topological polar surface area (TPSA) is 35.5 Å². The Morgan fingerprint density at radius 2 is 2.06 bits per heavy atom. The number of carbonyl (C=O) groups is 1. The maximum absolute atomic E-state index is 11.6. The Labute approximate surface area is 101 Å². The predicted molar refractivity (Wildman–Crippen MR) is 62.3 cm³/mol. The lowest BCUT2D eigenvalue weighted by atomic mass is 10.0. The molecule has 2 aliphatic rings. The van der Waals surface area contributed by atoms with Gasteiger partial charge in [-0.3, -0.25) is 4.79 Å². The first-order chi connectivity index (χ1) is 8.22. The molecule has 2 fully saturated rings. The van der Waals surface area contributed by atoms with Crippen molar-refractivity contribution < 1.29 is 14.3 Å². The van der Waals surface area contributed by atoms with Crippen LogP contribution in [0.3, 0.4) is 0 Å². The number of Topliss-reactive ketones (excluding diaryl/α,β-unsaturated/α-hetero) is 1. The van der Waals surface area contributed by atoms with Crippen molar-refractivity contribution in [3.05, 3.63) is 35.9 Å². The Kier molecular flexibility index (Phi) is 2.53. The number of ketones is 1. The van der Waals surface area contributed by atoms with Crippen molar-refractivity contribution in [2.75, 3.05) is 13.2 Å². The van der Waals surface area contributed by atoms with Gasteiger partial charge in [0.05, 0.1) is 18.6 Å². The van der Waals surface area contributed by atoms with Crippen molar-refractivity contribution in [1.82, 2.24) is 0 Å². The van der Waals surface area contributed by atoms with E-state index < -0.39 is 0 Å². The minimum Gasteiger partial charge on any atom is -0.348 e. The highest BCUT2D eigenvalue weighted by Crippen LogP contribution is 2.55. The van der Waals surface area contributed by atoms with Crippen LogP contribution in [0.2, 0.25) is 0 Å². The highest BCUT2D eigenvalue weighted by atomic mass is 16.7. The maximum atomic E-state index is 11.6. The molecule has 1 aliphatic heterocycles. The molecule has 0 aromatic heterocycles. The molecule has 1 heterocycles. The Morgan fingerprint density at radius 3 is 2.76 bits per heavy atom. The Bertz CT molecular complexity index is 428. The summed E-state index contributed by atoms with van der Waals surface area (Å²) in [5.41, 5.74) is 0.774. The van der Waals surface area contributed by atoms with Gasteiger partial charge in [-0.1, -0.05) is 30.3 Å². The molecule has 0 N–H and O–H groups in total. The molecule has 3 rings (SSSR count). The fraction of sp³-hybridized carbons (Fsp3) is 0.500. The molecule has 3 unspecified atom stereocenters. The molecule has 0 radical (unpaired) electrons. The molecule has 17 heavy (non-hydrogen) atoms. The van der Waals surface area contributed by atoms with E-state index in [1.54, 1.807) is 6.92 Å². The number of ether oxygens (including phenoxy) is 2. The van der Waals surface area contributed by atoms with Crippen LogP contribution in [0.1, 0.15) is 25.2 Å². The molecule has 3 atom stereocenters. The number of carbonyl (C=O) groups excluding carboxylic acids is 1. The summed E-state index contributed by atoms with van der Waals surface area (Å²) >= 11 is 0. The average molecular weight is 232 g/mol. The summed E-state index contributed by atoms with van der Waals surface area (Å²) in [5, 5.41) is 0. The van der Waals surface area contributed by atoms with Crippen LogP contribution in [-0.2, 0) is 14.3 Å². The molecular weight excluding hydrogens is 216 g/mol. The van der Waals surface area contributed by atoms with Crippen LogP contribution in [0, 0.1) is 11.3 Å². The highest BCUT2D eigenvalue weighted by molar-refractivity contribution is 5.86. The first-order valence-electron chi connectivity index (χ1n) is 6.01. The Balaban J connectivity index is 1.75. The van der Waals surface area contributed by atoms with Crippen LogP contribution in [0.5, 0.6) is 0 Å². The van der Waals surface area contributed by atoms with E-state index in [-0.39, 0.29) is 17.5 Å². The molecule has 0 amide bonds. The SMILES string of the molecule is CC(=O)C12COC(c3ccccc3)OCC1C2. The lowest BCUT2D eigenvalue weighted by Crippen LogP contribution is -2.21. The fourth-order valence-electron chi connectivity index (χ4n) is 2.59. The minimum absolute atomic E-state index is 0.236. The molecule has 3 nitrogen and oxygen atoms in total. The number of benzene rings is 1. The van der Waals surface area contributed by atoms with Gasteiger partial charge in [0.1, 0.15) is 5.78 Å². The molecular formula is C14H16O3. The van der Waals surface area contributed by atoms with Gasteiger partial charge in [-0.2, -0.15) is 0 Å². The van der Waals surface area contributed by atoms with E-state index in [1.807, 2.05) is 30.3 Å². The van der Waals surface area contributed by atoms with Crippen molar-refractivity contribution in [1.29, 1.82) is 0 Å². The van der Waals surface area contributed by atoms with Crippen LogP contribution >= 0.6 is 0 Å². The second-order valence-corrected chi connectivity index (χ2v) is 5.00. The van der Waals surface area contributed by atoms with E-state index in [9.17, 15) is 4.79 Å². The Morgan fingerprint density at radius 1 is 1.29 bits per heavy atom. The zero-order valence-electron chi connectivity index (χ0n) is 9.89. The number of hydrogen-bond acceptors (Lipinski definition) is 3. The van der Waals surface area contributed by atoms with Crippen LogP contribution in [0.25, 0.3) is 0 Å². The van der Waals surface area contributed by atoms with Crippen LogP contribution < -0.4 is 0 Å². The van der Waals surface area contributed by atoms with Crippen molar-refractivity contribution in [2.24, 2.45) is 11.3 Å². The summed E-state index contributed by atoms with van der Waals surface area (Å²) in [4.78, 5) is 11.6. The van der Waals surface area contributed by atoms with E-state index >= 15 is 0 Å². The van der Waals surface area contributed by atoms with Gasteiger partial charge in [-0.15, -0.1) is 0 Å². The number of rotatable bonds is 2. The average Bonchev–Trinajstić information content (AvgIpc) is 3.05. The zero-order valence-corrected chi connectivity index (χ0v) is 9.89. The lowest BCUT2D eigenvalue weighted by Gasteiger charge is -2.18. The molecule has 1 aromatic rings. The van der Waals surface area contributed by atoms with E-state index in [0.717, 1.165) is 12.0 Å². The molecule has 1 aliphatic carbocycles. The van der Waals surface area contributed by atoms with E-state index in [1.165, 1.54) is 0 Å². The molecule has 1 aromatic carbocycles. The van der Waals surface area contributed by atoms with Crippen LogP contribution in [0.15, 0.2) is 30.3 Å². The van der Waals surface area contributed by atoms with Gasteiger partial charge in [0.2, 0.25) is 0 Å². The lowest BCUT2D eigenvalue weighted by molar-refractivity contribution is -0.146. The summed E-state index contributed by atoms with van der Waals surface area (Å²) < 4.78 is 11.5. The van der Waals surface area contributed by atoms with Crippen molar-refractivity contribution >= 4 is 5.78 Å². The smallest absolute Gasteiger partial charge is 0.183 e. The first-order valence-corrected chi connectivity index (χ1v) is 6.01. The quantitative estimate of drug-likeness (QED) is 0.785. The molecule has 0 spiro atoms. The largest absolute Gasteiger partial charge is 0.348 e. The van der Waals surface area contributed by atoms with Gasteiger partial charge >= 0.3 is 0 Å². The number of hydrogen-bond donors (Lipinski definition) is 0. The molecule has 1 saturated heterocycles. The second kappa shape index (κ2) is 3.93. The van der Waals surface area contributed by atoms with Gasteiger partial charge in [0.25, 0.3) is 0 Å². The van der Waals surface area contributed by atoms with Crippen molar-refractivity contribution in [3.63, 3.8) is 0 Å².